The van der Waals surface area contributed by atoms with E-state index in [1.807, 2.05) is 13.3 Å². The van der Waals surface area contributed by atoms with Gasteiger partial charge in [0, 0.05) is 6.54 Å². The van der Waals surface area contributed by atoms with Gasteiger partial charge in [-0.15, -0.1) is 0 Å². The molecule has 0 aliphatic carbocycles. The van der Waals surface area contributed by atoms with Gasteiger partial charge in [-0.25, -0.2) is 15.0 Å². The fraction of sp³-hybridized carbons (Fsp3) is 0.444. The van der Waals surface area contributed by atoms with E-state index in [-0.39, 0.29) is 0 Å². The zero-order valence-electron chi connectivity index (χ0n) is 7.86. The van der Waals surface area contributed by atoms with Crippen LogP contribution in [0, 0.1) is 6.92 Å². The topological polar surface area (TPSA) is 43.6 Å². The van der Waals surface area contributed by atoms with E-state index in [4.69, 9.17) is 0 Å². The molecule has 0 aromatic carbocycles. The second-order valence-electron chi connectivity index (χ2n) is 3.06. The zero-order chi connectivity index (χ0) is 9.26. The van der Waals surface area contributed by atoms with Gasteiger partial charge in [-0.3, -0.25) is 0 Å². The molecule has 2 aromatic heterocycles. The Morgan fingerprint density at radius 3 is 3.00 bits per heavy atom. The predicted octanol–water partition coefficient (Wildman–Crippen LogP) is 1.54. The SMILES string of the molecule is CCCn1cnc2cnc(C)nc21. The Morgan fingerprint density at radius 1 is 1.38 bits per heavy atom. The van der Waals surface area contributed by atoms with Gasteiger partial charge in [0.15, 0.2) is 5.65 Å². The highest BCUT2D eigenvalue weighted by Crippen LogP contribution is 2.08. The van der Waals surface area contributed by atoms with Gasteiger partial charge in [0.1, 0.15) is 11.3 Å². The minimum atomic E-state index is 0.797. The van der Waals surface area contributed by atoms with Gasteiger partial charge < -0.3 is 4.57 Å². The molecule has 4 nitrogen and oxygen atoms in total. The Bertz CT molecular complexity index is 418. The molecule has 0 saturated heterocycles. The van der Waals surface area contributed by atoms with E-state index in [0.717, 1.165) is 30.0 Å². The van der Waals surface area contributed by atoms with E-state index >= 15 is 0 Å². The van der Waals surface area contributed by atoms with Gasteiger partial charge >= 0.3 is 0 Å². The summed E-state index contributed by atoms with van der Waals surface area (Å²) < 4.78 is 2.06. The lowest BCUT2D eigenvalue weighted by atomic mass is 10.4. The summed E-state index contributed by atoms with van der Waals surface area (Å²) in [6, 6.07) is 0. The van der Waals surface area contributed by atoms with Crippen LogP contribution in [0.4, 0.5) is 0 Å². The van der Waals surface area contributed by atoms with Crippen LogP contribution in [0.15, 0.2) is 12.5 Å². The maximum absolute atomic E-state index is 4.34. The highest BCUT2D eigenvalue weighted by Gasteiger charge is 2.03. The quantitative estimate of drug-likeness (QED) is 0.697. The zero-order valence-corrected chi connectivity index (χ0v) is 7.86. The molecule has 0 aliphatic rings. The molecule has 0 spiro atoms. The number of rotatable bonds is 2. The fourth-order valence-corrected chi connectivity index (χ4v) is 1.35. The van der Waals surface area contributed by atoms with Crippen LogP contribution in [0.25, 0.3) is 11.2 Å². The Labute approximate surface area is 76.7 Å². The van der Waals surface area contributed by atoms with Crippen molar-refractivity contribution < 1.29 is 0 Å². The number of imidazole rings is 1. The van der Waals surface area contributed by atoms with Gasteiger partial charge in [-0.2, -0.15) is 0 Å². The summed E-state index contributed by atoms with van der Waals surface area (Å²) in [6.07, 6.45) is 4.68. The first-order valence-electron chi connectivity index (χ1n) is 4.45. The third-order valence-corrected chi connectivity index (χ3v) is 1.94. The van der Waals surface area contributed by atoms with Crippen molar-refractivity contribution >= 4 is 11.2 Å². The molecule has 0 N–H and O–H groups in total. The van der Waals surface area contributed by atoms with E-state index < -0.39 is 0 Å². The molecule has 2 rings (SSSR count). The Kier molecular flexibility index (Phi) is 1.96. The number of nitrogens with zero attached hydrogens (tertiary/aromatic N) is 4. The first kappa shape index (κ1) is 8.16. The monoisotopic (exact) mass is 176 g/mol. The summed E-state index contributed by atoms with van der Waals surface area (Å²) in [5.41, 5.74) is 1.81. The summed E-state index contributed by atoms with van der Waals surface area (Å²) in [7, 11) is 0. The summed E-state index contributed by atoms with van der Waals surface area (Å²) >= 11 is 0. The number of hydrogen-bond donors (Lipinski definition) is 0. The van der Waals surface area contributed by atoms with Crippen molar-refractivity contribution in [3.8, 4) is 0 Å². The molecular formula is C9H12N4. The molecule has 2 aromatic rings. The van der Waals surface area contributed by atoms with Crippen molar-refractivity contribution in [2.45, 2.75) is 26.8 Å². The standard InChI is InChI=1S/C9H12N4/c1-3-4-13-6-11-8-5-10-7(2)12-9(8)13/h5-6H,3-4H2,1-2H3. The minimum Gasteiger partial charge on any atom is -0.315 e. The highest BCUT2D eigenvalue weighted by molar-refractivity contribution is 5.69. The fourth-order valence-electron chi connectivity index (χ4n) is 1.35. The number of aryl methyl sites for hydroxylation is 2. The number of fused-ring (bicyclic) bond motifs is 1. The summed E-state index contributed by atoms with van der Waals surface area (Å²) in [5, 5.41) is 0. The van der Waals surface area contributed by atoms with Crippen LogP contribution >= 0.6 is 0 Å². The van der Waals surface area contributed by atoms with Gasteiger partial charge in [0.25, 0.3) is 0 Å². The lowest BCUT2D eigenvalue weighted by Gasteiger charge is -1.99. The molecule has 0 atom stereocenters. The van der Waals surface area contributed by atoms with Crippen molar-refractivity contribution in [2.75, 3.05) is 0 Å². The Morgan fingerprint density at radius 2 is 2.23 bits per heavy atom. The Hall–Kier alpha value is -1.45. The molecule has 0 aliphatic heterocycles. The average Bonchev–Trinajstić information content (AvgIpc) is 2.49. The van der Waals surface area contributed by atoms with Crippen molar-refractivity contribution in [2.24, 2.45) is 0 Å². The predicted molar refractivity (Wildman–Crippen MR) is 50.4 cm³/mol. The first-order chi connectivity index (χ1) is 6.31. The molecule has 68 valence electrons. The van der Waals surface area contributed by atoms with E-state index in [9.17, 15) is 0 Å². The largest absolute Gasteiger partial charge is 0.315 e. The van der Waals surface area contributed by atoms with Crippen LogP contribution in [0.5, 0.6) is 0 Å². The van der Waals surface area contributed by atoms with Crippen molar-refractivity contribution in [1.29, 1.82) is 0 Å². The second kappa shape index (κ2) is 3.12. The Balaban J connectivity index is 2.58. The van der Waals surface area contributed by atoms with Gasteiger partial charge in [0.05, 0.1) is 12.5 Å². The van der Waals surface area contributed by atoms with E-state index in [1.54, 1.807) is 6.20 Å². The summed E-state index contributed by atoms with van der Waals surface area (Å²) in [6.45, 7) is 5.00. The molecule has 4 heteroatoms. The van der Waals surface area contributed by atoms with Crippen LogP contribution in [-0.4, -0.2) is 19.5 Å². The molecule has 0 saturated carbocycles. The van der Waals surface area contributed by atoms with E-state index in [1.165, 1.54) is 0 Å². The van der Waals surface area contributed by atoms with E-state index in [0.29, 0.717) is 0 Å². The highest BCUT2D eigenvalue weighted by atomic mass is 15.1. The molecule has 0 bridgehead atoms. The third-order valence-electron chi connectivity index (χ3n) is 1.94. The van der Waals surface area contributed by atoms with Crippen molar-refractivity contribution in [1.82, 2.24) is 19.5 Å². The van der Waals surface area contributed by atoms with Crippen LogP contribution < -0.4 is 0 Å². The van der Waals surface area contributed by atoms with Crippen LogP contribution in [-0.2, 0) is 6.54 Å². The first-order valence-corrected chi connectivity index (χ1v) is 4.45. The van der Waals surface area contributed by atoms with Gasteiger partial charge in [-0.1, -0.05) is 6.92 Å². The third kappa shape index (κ3) is 1.39. The van der Waals surface area contributed by atoms with Gasteiger partial charge in [0.2, 0.25) is 0 Å². The molecule has 13 heavy (non-hydrogen) atoms. The molecule has 2 heterocycles. The minimum absolute atomic E-state index is 0.797. The number of aromatic nitrogens is 4. The summed E-state index contributed by atoms with van der Waals surface area (Å²) in [5.74, 6) is 0.797. The van der Waals surface area contributed by atoms with Crippen molar-refractivity contribution in [3.63, 3.8) is 0 Å². The maximum atomic E-state index is 4.34. The molecule has 0 radical (unpaired) electrons. The molecule has 0 amide bonds. The lowest BCUT2D eigenvalue weighted by molar-refractivity contribution is 0.690. The van der Waals surface area contributed by atoms with Crippen LogP contribution in [0.1, 0.15) is 19.2 Å². The van der Waals surface area contributed by atoms with Gasteiger partial charge in [-0.05, 0) is 13.3 Å². The normalized spacial score (nSPS) is 10.9. The second-order valence-corrected chi connectivity index (χ2v) is 3.06. The molecular weight excluding hydrogens is 164 g/mol. The lowest BCUT2D eigenvalue weighted by Crippen LogP contribution is -1.97. The average molecular weight is 176 g/mol. The molecule has 0 unspecified atom stereocenters. The maximum Gasteiger partial charge on any atom is 0.163 e. The van der Waals surface area contributed by atoms with Crippen LogP contribution in [0.3, 0.4) is 0 Å². The van der Waals surface area contributed by atoms with Crippen molar-refractivity contribution in [3.05, 3.63) is 18.3 Å². The smallest absolute Gasteiger partial charge is 0.163 e. The van der Waals surface area contributed by atoms with E-state index in [2.05, 4.69) is 26.4 Å². The van der Waals surface area contributed by atoms with Crippen LogP contribution in [0.2, 0.25) is 0 Å². The molecule has 0 fully saturated rings. The summed E-state index contributed by atoms with van der Waals surface area (Å²) in [4.78, 5) is 12.7. The number of hydrogen-bond acceptors (Lipinski definition) is 3.